The first-order valence-corrected chi connectivity index (χ1v) is 17.5. The molecule has 0 spiro atoms. The van der Waals surface area contributed by atoms with E-state index in [-0.39, 0.29) is 0 Å². The van der Waals surface area contributed by atoms with Crippen LogP contribution in [0.4, 0.5) is 0 Å². The van der Waals surface area contributed by atoms with Gasteiger partial charge in [0.1, 0.15) is 0 Å². The quantitative estimate of drug-likeness (QED) is 0.0899. The minimum atomic E-state index is 1.26. The van der Waals surface area contributed by atoms with Gasteiger partial charge in [-0.1, -0.05) is 217 Å². The molecular weight excluding hydrogens is 444 g/mol. The number of aryl methyl sites for hydroxylation is 1. The van der Waals surface area contributed by atoms with Crippen LogP contribution in [-0.4, -0.2) is 0 Å². The molecule has 0 fully saturated rings. The van der Waals surface area contributed by atoms with Crippen molar-refractivity contribution in [3.05, 3.63) is 35.9 Å². The molecule has 1 aromatic rings. The average Bonchev–Trinajstić information content (AvgIpc) is 2.93. The smallest absolute Gasteiger partial charge is 0.0279 e. The summed E-state index contributed by atoms with van der Waals surface area (Å²) in [5, 5.41) is 0. The number of hydrogen-bond donors (Lipinski definition) is 0. The van der Waals surface area contributed by atoms with Gasteiger partial charge in [0.05, 0.1) is 0 Å². The molecule has 0 heteroatoms. The second-order valence-electron chi connectivity index (χ2n) is 12.1. The summed E-state index contributed by atoms with van der Waals surface area (Å²) in [5.41, 5.74) is 1.51. The summed E-state index contributed by atoms with van der Waals surface area (Å²) in [4.78, 5) is 0. The minimum Gasteiger partial charge on any atom is -0.0654 e. The Morgan fingerprint density at radius 3 is 0.811 bits per heavy atom. The summed E-state index contributed by atoms with van der Waals surface area (Å²) in [6.45, 7) is 2.31. The molecule has 1 rings (SSSR count). The maximum Gasteiger partial charge on any atom is -0.0279 e. The standard InChI is InChI=1S/C37H68/c1-2-3-4-5-6-7-8-9-10-11-12-13-14-15-16-17-18-19-20-21-22-23-24-25-26-27-28-29-31-34-37-35-32-30-33-36-37/h30,32-33,35-36H,2-29,31,34H2,1H3. The lowest BCUT2D eigenvalue weighted by Gasteiger charge is -2.05. The zero-order chi connectivity index (χ0) is 26.3. The van der Waals surface area contributed by atoms with E-state index in [9.17, 15) is 0 Å². The van der Waals surface area contributed by atoms with Gasteiger partial charge >= 0.3 is 0 Å². The van der Waals surface area contributed by atoms with Crippen molar-refractivity contribution in [2.45, 2.75) is 200 Å². The Morgan fingerprint density at radius 1 is 0.297 bits per heavy atom. The highest BCUT2D eigenvalue weighted by Gasteiger charge is 1.97. The SMILES string of the molecule is CCCCCCCCCCCCCCCCCCCCCCCCCCCCCCCc1ccccc1. The van der Waals surface area contributed by atoms with Crippen LogP contribution in [-0.2, 0) is 6.42 Å². The summed E-state index contributed by atoms with van der Waals surface area (Å²) >= 11 is 0. The number of hydrogen-bond acceptors (Lipinski definition) is 0. The van der Waals surface area contributed by atoms with Gasteiger partial charge in [-0.3, -0.25) is 0 Å². The van der Waals surface area contributed by atoms with Gasteiger partial charge in [-0.15, -0.1) is 0 Å². The van der Waals surface area contributed by atoms with Crippen molar-refractivity contribution in [3.8, 4) is 0 Å². The average molecular weight is 513 g/mol. The molecule has 37 heavy (non-hydrogen) atoms. The first-order chi connectivity index (χ1) is 18.4. The Morgan fingerprint density at radius 2 is 0.541 bits per heavy atom. The van der Waals surface area contributed by atoms with E-state index in [0.717, 1.165) is 0 Å². The Kier molecular flexibility index (Phi) is 27.6. The van der Waals surface area contributed by atoms with Crippen LogP contribution in [0.2, 0.25) is 0 Å². The van der Waals surface area contributed by atoms with Gasteiger partial charge in [0.2, 0.25) is 0 Å². The minimum absolute atomic E-state index is 1.26. The van der Waals surface area contributed by atoms with Gasteiger partial charge in [-0.25, -0.2) is 0 Å². The Bertz CT molecular complexity index is 518. The van der Waals surface area contributed by atoms with Crippen LogP contribution in [0, 0.1) is 0 Å². The number of benzene rings is 1. The molecule has 0 aliphatic heterocycles. The van der Waals surface area contributed by atoms with Gasteiger partial charge in [0, 0.05) is 0 Å². The van der Waals surface area contributed by atoms with Crippen LogP contribution in [0.15, 0.2) is 30.3 Å². The zero-order valence-electron chi connectivity index (χ0n) is 25.6. The summed E-state index contributed by atoms with van der Waals surface area (Å²) in [7, 11) is 0. The maximum absolute atomic E-state index is 2.31. The second kappa shape index (κ2) is 29.8. The Hall–Kier alpha value is -0.780. The second-order valence-corrected chi connectivity index (χ2v) is 12.1. The molecule has 0 unspecified atom stereocenters. The van der Waals surface area contributed by atoms with Crippen molar-refractivity contribution in [2.75, 3.05) is 0 Å². The van der Waals surface area contributed by atoms with Crippen molar-refractivity contribution in [1.82, 2.24) is 0 Å². The van der Waals surface area contributed by atoms with Gasteiger partial charge in [-0.05, 0) is 18.4 Å². The van der Waals surface area contributed by atoms with Crippen LogP contribution in [0.5, 0.6) is 0 Å². The van der Waals surface area contributed by atoms with E-state index >= 15 is 0 Å². The van der Waals surface area contributed by atoms with Gasteiger partial charge in [-0.2, -0.15) is 0 Å². The summed E-state index contributed by atoms with van der Waals surface area (Å²) in [5.74, 6) is 0. The third-order valence-corrected chi connectivity index (χ3v) is 8.41. The van der Waals surface area contributed by atoms with Gasteiger partial charge in [0.15, 0.2) is 0 Å². The fourth-order valence-corrected chi connectivity index (χ4v) is 5.82. The van der Waals surface area contributed by atoms with Crippen LogP contribution < -0.4 is 0 Å². The first-order valence-electron chi connectivity index (χ1n) is 17.5. The highest BCUT2D eigenvalue weighted by atomic mass is 14.0. The lowest BCUT2D eigenvalue weighted by atomic mass is 10.0. The highest BCUT2D eigenvalue weighted by molar-refractivity contribution is 5.14. The summed E-state index contributed by atoms with van der Waals surface area (Å²) in [6, 6.07) is 11.0. The fourth-order valence-electron chi connectivity index (χ4n) is 5.82. The molecule has 0 radical (unpaired) electrons. The van der Waals surface area contributed by atoms with E-state index in [1.807, 2.05) is 0 Å². The molecule has 0 nitrogen and oxygen atoms in total. The van der Waals surface area contributed by atoms with E-state index in [1.165, 1.54) is 198 Å². The fraction of sp³-hybridized carbons (Fsp3) is 0.838. The van der Waals surface area contributed by atoms with Crippen LogP contribution in [0.3, 0.4) is 0 Å². The molecule has 0 aliphatic rings. The van der Waals surface area contributed by atoms with Crippen molar-refractivity contribution >= 4 is 0 Å². The zero-order valence-corrected chi connectivity index (χ0v) is 25.6. The highest BCUT2D eigenvalue weighted by Crippen LogP contribution is 2.16. The number of unbranched alkanes of at least 4 members (excludes halogenated alkanes) is 28. The normalized spacial score (nSPS) is 11.4. The van der Waals surface area contributed by atoms with E-state index in [0.29, 0.717) is 0 Å². The molecular formula is C37H68. The van der Waals surface area contributed by atoms with Crippen molar-refractivity contribution < 1.29 is 0 Å². The molecule has 0 aromatic heterocycles. The molecule has 0 saturated heterocycles. The molecule has 1 aromatic carbocycles. The molecule has 0 saturated carbocycles. The molecule has 0 amide bonds. The van der Waals surface area contributed by atoms with E-state index in [4.69, 9.17) is 0 Å². The summed E-state index contributed by atoms with van der Waals surface area (Å²) in [6.07, 6.45) is 43.9. The predicted molar refractivity (Wildman–Crippen MR) is 170 cm³/mol. The van der Waals surface area contributed by atoms with Crippen molar-refractivity contribution in [1.29, 1.82) is 0 Å². The van der Waals surface area contributed by atoms with E-state index < -0.39 is 0 Å². The number of rotatable bonds is 30. The first kappa shape index (κ1) is 34.2. The topological polar surface area (TPSA) is 0 Å². The maximum atomic E-state index is 2.31. The largest absolute Gasteiger partial charge is 0.0654 e. The predicted octanol–water partition coefficient (Wildman–Crippen LogP) is 13.6. The van der Waals surface area contributed by atoms with Crippen molar-refractivity contribution in [2.24, 2.45) is 0 Å². The molecule has 0 atom stereocenters. The molecule has 0 heterocycles. The van der Waals surface area contributed by atoms with Crippen LogP contribution in [0.25, 0.3) is 0 Å². The van der Waals surface area contributed by atoms with Gasteiger partial charge in [0.25, 0.3) is 0 Å². The lowest BCUT2D eigenvalue weighted by molar-refractivity contribution is 0.513. The molecule has 0 bridgehead atoms. The third kappa shape index (κ3) is 26.6. The van der Waals surface area contributed by atoms with Crippen molar-refractivity contribution in [3.63, 3.8) is 0 Å². The lowest BCUT2D eigenvalue weighted by Crippen LogP contribution is -1.86. The summed E-state index contributed by atoms with van der Waals surface area (Å²) < 4.78 is 0. The molecule has 0 aliphatic carbocycles. The van der Waals surface area contributed by atoms with Crippen LogP contribution >= 0.6 is 0 Å². The van der Waals surface area contributed by atoms with E-state index in [1.54, 1.807) is 0 Å². The third-order valence-electron chi connectivity index (χ3n) is 8.41. The van der Waals surface area contributed by atoms with Gasteiger partial charge < -0.3 is 0 Å². The molecule has 216 valence electrons. The molecule has 0 N–H and O–H groups in total. The van der Waals surface area contributed by atoms with E-state index in [2.05, 4.69) is 37.3 Å². The Balaban J connectivity index is 1.62. The van der Waals surface area contributed by atoms with Crippen LogP contribution in [0.1, 0.15) is 199 Å². The Labute approximate surface area is 235 Å². The monoisotopic (exact) mass is 513 g/mol.